The van der Waals surface area contributed by atoms with Gasteiger partial charge in [-0.2, -0.15) is 13.2 Å². The summed E-state index contributed by atoms with van der Waals surface area (Å²) in [5.41, 5.74) is -3.98. The molecule has 3 rings (SSSR count). The van der Waals surface area contributed by atoms with Crippen LogP contribution in [0.4, 0.5) is 36.4 Å². The number of rotatable bonds is 6. The van der Waals surface area contributed by atoms with E-state index in [0.717, 1.165) is 16.4 Å². The van der Waals surface area contributed by atoms with Crippen LogP contribution in [-0.4, -0.2) is 16.9 Å². The molecule has 32 heavy (non-hydrogen) atoms. The van der Waals surface area contributed by atoms with Gasteiger partial charge in [0.2, 0.25) is 11.6 Å². The third kappa shape index (κ3) is 4.64. The Balaban J connectivity index is 1.72. The molecule has 1 aromatic heterocycles. The Bertz CT molecular complexity index is 1120. The fraction of sp³-hybridized carbons (Fsp3) is 0.167. The molecule has 6 nitrogen and oxygen atoms in total. The van der Waals surface area contributed by atoms with E-state index in [-0.39, 0.29) is 10.8 Å². The molecule has 0 aliphatic carbocycles. The van der Waals surface area contributed by atoms with Crippen LogP contribution < -0.4 is 15.1 Å². The van der Waals surface area contributed by atoms with E-state index in [0.29, 0.717) is 5.69 Å². The molecule has 1 N–H and O–H groups in total. The minimum absolute atomic E-state index is 0.0343. The number of aromatic nitrogens is 2. The summed E-state index contributed by atoms with van der Waals surface area (Å²) < 4.78 is 98.5. The van der Waals surface area contributed by atoms with Crippen molar-refractivity contribution in [3.63, 3.8) is 0 Å². The monoisotopic (exact) mass is 481 g/mol. The first-order valence-electron chi connectivity index (χ1n) is 8.52. The van der Waals surface area contributed by atoms with Gasteiger partial charge in [0.05, 0.1) is 5.27 Å². The van der Waals surface area contributed by atoms with Crippen LogP contribution >= 0.6 is 11.8 Å². The van der Waals surface area contributed by atoms with Crippen LogP contribution in [0.5, 0.6) is 5.95 Å². The Morgan fingerprint density at radius 3 is 2.22 bits per heavy atom. The van der Waals surface area contributed by atoms with Crippen molar-refractivity contribution in [2.75, 3.05) is 11.1 Å². The quantitative estimate of drug-likeness (QED) is 0.251. The number of amides is 1. The van der Waals surface area contributed by atoms with E-state index >= 15 is 0 Å². The molecule has 0 unspecified atom stereocenters. The van der Waals surface area contributed by atoms with Crippen molar-refractivity contribution in [1.82, 2.24) is 5.27 Å². The fourth-order valence-electron chi connectivity index (χ4n) is 2.53. The maximum atomic E-state index is 13.9. The summed E-state index contributed by atoms with van der Waals surface area (Å²) in [5, 5.41) is 16.8. The van der Waals surface area contributed by atoms with Gasteiger partial charge in [-0.3, -0.25) is 4.79 Å². The lowest BCUT2D eigenvalue weighted by atomic mass is 10.1. The number of hydrogen-bond acceptors (Lipinski definition) is 5. The van der Waals surface area contributed by atoms with Gasteiger partial charge in [0, 0.05) is 24.3 Å². The van der Waals surface area contributed by atoms with Gasteiger partial charge in [0.15, 0.2) is 29.2 Å². The van der Waals surface area contributed by atoms with Gasteiger partial charge in [-0.1, -0.05) is 30.0 Å². The summed E-state index contributed by atoms with van der Waals surface area (Å²) in [6.45, 7) is 0. The molecule has 0 radical (unpaired) electrons. The topological polar surface area (TPSA) is 82.1 Å². The second-order valence-corrected chi connectivity index (χ2v) is 7.15. The average molecular weight is 481 g/mol. The smallest absolute Gasteiger partial charge is 0.422 e. The molecule has 0 saturated heterocycles. The number of carbonyl (C=O) groups excluding carboxylic acids is 1. The highest BCUT2D eigenvalue weighted by atomic mass is 32.2. The number of thioether (sulfide) groups is 1. The standard InChI is InChI=1S/C18H10F7N3O3S/c19-11-10(18(23,24)25)12(20)14(22)15(13(11)21)26-9(29)6-7-32-16-17(30)31-27-28(16)8-4-2-1-3-5-8/h1-5H,6-7H2,(H-,26,27,29,30). The number of benzene rings is 2. The molecule has 0 spiro atoms. The van der Waals surface area contributed by atoms with Crippen molar-refractivity contribution >= 4 is 23.4 Å². The highest BCUT2D eigenvalue weighted by Gasteiger charge is 2.42. The minimum atomic E-state index is -5.70. The van der Waals surface area contributed by atoms with Crippen molar-refractivity contribution in [2.45, 2.75) is 17.6 Å². The first kappa shape index (κ1) is 23.4. The Morgan fingerprint density at radius 2 is 1.66 bits per heavy atom. The van der Waals surface area contributed by atoms with Gasteiger partial charge in [0.1, 0.15) is 11.3 Å². The Hall–Kier alpha value is -3.29. The zero-order valence-corrected chi connectivity index (χ0v) is 16.3. The number of anilines is 1. The van der Waals surface area contributed by atoms with Crippen LogP contribution in [0.25, 0.3) is 5.69 Å². The summed E-state index contributed by atoms with van der Waals surface area (Å²) in [4.78, 5) is 11.9. The second kappa shape index (κ2) is 9.06. The second-order valence-electron chi connectivity index (χ2n) is 6.06. The third-order valence-corrected chi connectivity index (χ3v) is 4.97. The molecule has 0 saturated carbocycles. The summed E-state index contributed by atoms with van der Waals surface area (Å²) in [7, 11) is 0. The lowest BCUT2D eigenvalue weighted by Crippen LogP contribution is -2.34. The van der Waals surface area contributed by atoms with E-state index in [2.05, 4.69) is 9.79 Å². The Kier molecular flexibility index (Phi) is 6.62. The Labute approximate surface area is 178 Å². The highest BCUT2D eigenvalue weighted by Crippen LogP contribution is 2.38. The maximum Gasteiger partial charge on any atom is 0.422 e. The number of hydrogen-bond donors (Lipinski definition) is 1. The average Bonchev–Trinajstić information content (AvgIpc) is 3.10. The fourth-order valence-corrected chi connectivity index (χ4v) is 3.42. The van der Waals surface area contributed by atoms with Crippen LogP contribution in [0.3, 0.4) is 0 Å². The van der Waals surface area contributed by atoms with Crippen molar-refractivity contribution in [3.8, 4) is 11.6 Å². The number of para-hydroxylation sites is 1. The number of nitrogens with zero attached hydrogens (tertiary/aromatic N) is 2. The molecule has 170 valence electrons. The molecule has 0 aliphatic rings. The lowest BCUT2D eigenvalue weighted by molar-refractivity contribution is -0.705. The van der Waals surface area contributed by atoms with E-state index < -0.39 is 59.0 Å². The SMILES string of the molecule is O=C(CCSc1c([O-])on[n+]1-c1ccccc1)Nc1c(F)c(F)c(C(F)(F)F)c(F)c1F. The highest BCUT2D eigenvalue weighted by molar-refractivity contribution is 7.99. The van der Waals surface area contributed by atoms with E-state index in [1.165, 1.54) is 5.32 Å². The van der Waals surface area contributed by atoms with Crippen LogP contribution in [0.1, 0.15) is 12.0 Å². The zero-order valence-electron chi connectivity index (χ0n) is 15.5. The van der Waals surface area contributed by atoms with E-state index in [1.807, 2.05) is 0 Å². The van der Waals surface area contributed by atoms with Crippen molar-refractivity contribution in [1.29, 1.82) is 0 Å². The van der Waals surface area contributed by atoms with Crippen LogP contribution in [0.15, 0.2) is 39.9 Å². The van der Waals surface area contributed by atoms with Crippen molar-refractivity contribution < 1.29 is 49.8 Å². The molecule has 1 amide bonds. The number of alkyl halides is 3. The summed E-state index contributed by atoms with van der Waals surface area (Å²) in [6.07, 6.45) is -6.23. The predicted molar refractivity (Wildman–Crippen MR) is 92.7 cm³/mol. The van der Waals surface area contributed by atoms with Crippen molar-refractivity contribution in [2.24, 2.45) is 0 Å². The molecule has 0 atom stereocenters. The molecule has 3 aromatic rings. The third-order valence-electron chi connectivity index (χ3n) is 3.95. The summed E-state index contributed by atoms with van der Waals surface area (Å²) in [5.74, 6) is -12.4. The van der Waals surface area contributed by atoms with Crippen LogP contribution in [0, 0.1) is 23.3 Å². The largest absolute Gasteiger partial charge is 0.538 e. The summed E-state index contributed by atoms with van der Waals surface area (Å²) >= 11 is 0.784. The molecule has 1 heterocycles. The van der Waals surface area contributed by atoms with E-state index in [1.54, 1.807) is 30.3 Å². The van der Waals surface area contributed by atoms with E-state index in [4.69, 9.17) is 0 Å². The number of nitrogens with one attached hydrogen (secondary N) is 1. The lowest BCUT2D eigenvalue weighted by Gasteiger charge is -2.14. The molecular weight excluding hydrogens is 471 g/mol. The minimum Gasteiger partial charge on any atom is -0.538 e. The predicted octanol–water partition coefficient (Wildman–Crippen LogP) is 3.72. The first-order chi connectivity index (χ1) is 15.0. The molecular formula is C18H10F7N3O3S. The molecule has 0 fully saturated rings. The van der Waals surface area contributed by atoms with Crippen LogP contribution in [-0.2, 0) is 11.0 Å². The van der Waals surface area contributed by atoms with Gasteiger partial charge in [0.25, 0.3) is 5.03 Å². The van der Waals surface area contributed by atoms with Gasteiger partial charge in [-0.25, -0.2) is 17.6 Å². The molecule has 14 heteroatoms. The number of carbonyl (C=O) groups is 1. The van der Waals surface area contributed by atoms with Gasteiger partial charge in [-0.15, -0.1) is 0 Å². The first-order valence-corrected chi connectivity index (χ1v) is 9.51. The van der Waals surface area contributed by atoms with Gasteiger partial charge < -0.3 is 14.9 Å². The van der Waals surface area contributed by atoms with E-state index in [9.17, 15) is 40.6 Å². The Morgan fingerprint density at radius 1 is 1.06 bits per heavy atom. The molecule has 0 aliphatic heterocycles. The molecule has 0 bridgehead atoms. The van der Waals surface area contributed by atoms with Crippen molar-refractivity contribution in [3.05, 3.63) is 59.2 Å². The number of halogens is 7. The normalized spacial score (nSPS) is 11.6. The molecule has 2 aromatic carbocycles. The van der Waals surface area contributed by atoms with Gasteiger partial charge >= 0.3 is 6.18 Å². The summed E-state index contributed by atoms with van der Waals surface area (Å²) in [6, 6.07) is 8.25. The zero-order chi connectivity index (χ0) is 23.6. The maximum absolute atomic E-state index is 13.9. The van der Waals surface area contributed by atoms with Crippen LogP contribution in [0.2, 0.25) is 0 Å². The van der Waals surface area contributed by atoms with Gasteiger partial charge in [-0.05, 0) is 4.68 Å².